The van der Waals surface area contributed by atoms with E-state index in [1.807, 2.05) is 62.4 Å². The molecule has 0 spiro atoms. The van der Waals surface area contributed by atoms with E-state index in [-0.39, 0.29) is 24.3 Å². The first kappa shape index (κ1) is 21.3. The van der Waals surface area contributed by atoms with Crippen LogP contribution < -0.4 is 20.1 Å². The van der Waals surface area contributed by atoms with Crippen LogP contribution in [0.15, 0.2) is 48.5 Å². The van der Waals surface area contributed by atoms with Crippen molar-refractivity contribution in [3.05, 3.63) is 59.7 Å². The zero-order valence-corrected chi connectivity index (χ0v) is 16.8. The van der Waals surface area contributed by atoms with Crippen molar-refractivity contribution in [1.82, 2.24) is 10.6 Å². The zero-order chi connectivity index (χ0) is 20.5. The van der Waals surface area contributed by atoms with Crippen LogP contribution >= 0.6 is 0 Å². The molecule has 0 aliphatic carbocycles. The quantitative estimate of drug-likeness (QED) is 0.693. The molecule has 0 aromatic heterocycles. The highest BCUT2D eigenvalue weighted by molar-refractivity contribution is 5.79. The molecule has 0 bridgehead atoms. The smallest absolute Gasteiger partial charge is 0.222 e. The third kappa shape index (κ3) is 6.30. The van der Waals surface area contributed by atoms with E-state index < -0.39 is 6.04 Å². The number of hydrogen-bond donors (Lipinski definition) is 2. The maximum Gasteiger partial charge on any atom is 0.222 e. The number of carbonyl (C=O) groups is 2. The van der Waals surface area contributed by atoms with Gasteiger partial charge in [-0.1, -0.05) is 24.3 Å². The molecule has 0 fully saturated rings. The summed E-state index contributed by atoms with van der Waals surface area (Å²) in [6.45, 7) is 5.91. The maximum absolute atomic E-state index is 12.6. The van der Waals surface area contributed by atoms with Crippen LogP contribution in [0, 0.1) is 0 Å². The Morgan fingerprint density at radius 3 is 2.04 bits per heavy atom. The third-order valence-corrected chi connectivity index (χ3v) is 4.35. The summed E-state index contributed by atoms with van der Waals surface area (Å²) in [6.07, 6.45) is 0.146. The Bertz CT molecular complexity index is 772. The lowest BCUT2D eigenvalue weighted by molar-refractivity contribution is -0.123. The lowest BCUT2D eigenvalue weighted by atomic mass is 10.0. The topological polar surface area (TPSA) is 76.7 Å². The third-order valence-electron chi connectivity index (χ3n) is 4.35. The highest BCUT2D eigenvalue weighted by Gasteiger charge is 2.19. The number of methoxy groups -OCH3 is 1. The molecular weight excluding hydrogens is 356 g/mol. The average molecular weight is 384 g/mol. The van der Waals surface area contributed by atoms with Crippen molar-refractivity contribution in [2.24, 2.45) is 0 Å². The van der Waals surface area contributed by atoms with E-state index in [1.165, 1.54) is 6.92 Å². The average Bonchev–Trinajstić information content (AvgIpc) is 2.68. The highest BCUT2D eigenvalue weighted by atomic mass is 16.5. The lowest BCUT2D eigenvalue weighted by Crippen LogP contribution is -2.33. The summed E-state index contributed by atoms with van der Waals surface area (Å²) in [5.74, 6) is 1.19. The van der Waals surface area contributed by atoms with Crippen LogP contribution in [0.3, 0.4) is 0 Å². The highest BCUT2D eigenvalue weighted by Crippen LogP contribution is 2.22. The van der Waals surface area contributed by atoms with Crippen LogP contribution in [-0.4, -0.2) is 25.5 Å². The number of carbonyl (C=O) groups excluding carboxylic acids is 2. The summed E-state index contributed by atoms with van der Waals surface area (Å²) in [4.78, 5) is 24.2. The van der Waals surface area contributed by atoms with Gasteiger partial charge in [-0.2, -0.15) is 0 Å². The first-order valence-corrected chi connectivity index (χ1v) is 9.36. The Kier molecular flexibility index (Phi) is 7.87. The van der Waals surface area contributed by atoms with E-state index in [2.05, 4.69) is 10.6 Å². The number of amides is 2. The number of ether oxygens (including phenoxy) is 2. The van der Waals surface area contributed by atoms with Crippen molar-refractivity contribution in [2.75, 3.05) is 13.7 Å². The molecule has 0 radical (unpaired) electrons. The fourth-order valence-corrected chi connectivity index (χ4v) is 2.92. The Morgan fingerprint density at radius 2 is 1.50 bits per heavy atom. The van der Waals surface area contributed by atoms with Gasteiger partial charge in [0.25, 0.3) is 0 Å². The molecule has 2 atom stereocenters. The Balaban J connectivity index is 2.02. The number of nitrogens with one attached hydrogen (secondary N) is 2. The fourth-order valence-electron chi connectivity index (χ4n) is 2.92. The van der Waals surface area contributed by atoms with Crippen LogP contribution in [-0.2, 0) is 9.59 Å². The summed E-state index contributed by atoms with van der Waals surface area (Å²) in [6, 6.07) is 14.4. The van der Waals surface area contributed by atoms with Crippen molar-refractivity contribution in [3.8, 4) is 11.5 Å². The second-order valence-corrected chi connectivity index (χ2v) is 6.52. The molecule has 0 aliphatic heterocycles. The van der Waals surface area contributed by atoms with Gasteiger partial charge in [-0.25, -0.2) is 0 Å². The Morgan fingerprint density at radius 1 is 0.929 bits per heavy atom. The maximum atomic E-state index is 12.6. The monoisotopic (exact) mass is 384 g/mol. The normalized spacial score (nSPS) is 12.6. The van der Waals surface area contributed by atoms with Crippen molar-refractivity contribution in [2.45, 2.75) is 39.3 Å². The minimum Gasteiger partial charge on any atom is -0.497 e. The Hall–Kier alpha value is -3.02. The molecule has 0 saturated heterocycles. The summed E-state index contributed by atoms with van der Waals surface area (Å²) in [5.41, 5.74) is 1.83. The zero-order valence-electron chi connectivity index (χ0n) is 16.8. The summed E-state index contributed by atoms with van der Waals surface area (Å²) in [7, 11) is 1.59. The van der Waals surface area contributed by atoms with E-state index >= 15 is 0 Å². The van der Waals surface area contributed by atoms with Gasteiger partial charge >= 0.3 is 0 Å². The molecular formula is C22H28N2O4. The Labute approximate surface area is 166 Å². The van der Waals surface area contributed by atoms with Gasteiger partial charge in [0.1, 0.15) is 11.5 Å². The summed E-state index contributed by atoms with van der Waals surface area (Å²) < 4.78 is 10.6. The van der Waals surface area contributed by atoms with E-state index in [9.17, 15) is 9.59 Å². The standard InChI is InChI=1S/C22H28N2O4/c1-5-28-20-12-6-17(7-13-20)15(2)23-22(26)14-21(24-16(3)25)18-8-10-19(27-4)11-9-18/h6-13,15,21H,5,14H2,1-4H3,(H,23,26)(H,24,25). The lowest BCUT2D eigenvalue weighted by Gasteiger charge is -2.20. The van der Waals surface area contributed by atoms with E-state index in [1.54, 1.807) is 7.11 Å². The second kappa shape index (κ2) is 10.3. The summed E-state index contributed by atoms with van der Waals surface area (Å²) >= 11 is 0. The van der Waals surface area contributed by atoms with Crippen LogP contribution in [0.4, 0.5) is 0 Å². The van der Waals surface area contributed by atoms with Gasteiger partial charge in [-0.3, -0.25) is 9.59 Å². The van der Waals surface area contributed by atoms with Crippen molar-refractivity contribution in [1.29, 1.82) is 0 Å². The van der Waals surface area contributed by atoms with Crippen molar-refractivity contribution >= 4 is 11.8 Å². The van der Waals surface area contributed by atoms with Gasteiger partial charge in [0.05, 0.1) is 32.2 Å². The molecule has 6 nitrogen and oxygen atoms in total. The molecule has 2 aromatic carbocycles. The van der Waals surface area contributed by atoms with Crippen LogP contribution in [0.2, 0.25) is 0 Å². The first-order valence-electron chi connectivity index (χ1n) is 9.36. The molecule has 0 aliphatic rings. The molecule has 6 heteroatoms. The molecule has 0 heterocycles. The van der Waals surface area contributed by atoms with E-state index in [4.69, 9.17) is 9.47 Å². The van der Waals surface area contributed by atoms with Gasteiger partial charge in [-0.05, 0) is 49.2 Å². The minimum absolute atomic E-state index is 0.143. The van der Waals surface area contributed by atoms with Gasteiger partial charge < -0.3 is 20.1 Å². The van der Waals surface area contributed by atoms with Crippen molar-refractivity contribution in [3.63, 3.8) is 0 Å². The number of rotatable bonds is 9. The molecule has 2 N–H and O–H groups in total. The van der Waals surface area contributed by atoms with Gasteiger partial charge in [0, 0.05) is 6.92 Å². The first-order chi connectivity index (χ1) is 13.4. The second-order valence-electron chi connectivity index (χ2n) is 6.52. The predicted octanol–water partition coefficient (Wildman–Crippen LogP) is 3.54. The molecule has 2 unspecified atom stereocenters. The largest absolute Gasteiger partial charge is 0.497 e. The molecule has 2 amide bonds. The molecule has 2 rings (SSSR count). The summed E-state index contributed by atoms with van der Waals surface area (Å²) in [5, 5.41) is 5.83. The molecule has 2 aromatic rings. The molecule has 28 heavy (non-hydrogen) atoms. The fraction of sp³-hybridized carbons (Fsp3) is 0.364. The van der Waals surface area contributed by atoms with E-state index in [0.717, 1.165) is 22.6 Å². The predicted molar refractivity (Wildman–Crippen MR) is 108 cm³/mol. The number of hydrogen-bond acceptors (Lipinski definition) is 4. The van der Waals surface area contributed by atoms with Gasteiger partial charge in [-0.15, -0.1) is 0 Å². The molecule has 0 saturated carbocycles. The molecule has 150 valence electrons. The van der Waals surface area contributed by atoms with Crippen LogP contribution in [0.25, 0.3) is 0 Å². The minimum atomic E-state index is -0.407. The van der Waals surface area contributed by atoms with Crippen LogP contribution in [0.5, 0.6) is 11.5 Å². The number of benzene rings is 2. The van der Waals surface area contributed by atoms with Crippen LogP contribution in [0.1, 0.15) is 50.4 Å². The van der Waals surface area contributed by atoms with E-state index in [0.29, 0.717) is 6.61 Å². The van der Waals surface area contributed by atoms with Gasteiger partial charge in [0.2, 0.25) is 11.8 Å². The van der Waals surface area contributed by atoms with Gasteiger partial charge in [0.15, 0.2) is 0 Å². The SMILES string of the molecule is CCOc1ccc(C(C)NC(=O)CC(NC(C)=O)c2ccc(OC)cc2)cc1. The van der Waals surface area contributed by atoms with Crippen molar-refractivity contribution < 1.29 is 19.1 Å².